The Labute approximate surface area is 605 Å². The molecule has 0 unspecified atom stereocenters. The van der Waals surface area contributed by atoms with Crippen LogP contribution >= 0.6 is 12.4 Å². The molecule has 1 aromatic rings. The van der Waals surface area contributed by atoms with Crippen LogP contribution in [-0.4, -0.2) is 73.4 Å². The predicted molar refractivity (Wildman–Crippen MR) is 397 cm³/mol. The highest BCUT2D eigenvalue weighted by Gasteiger charge is 2.65. The maximum absolute atomic E-state index is 12.6. The van der Waals surface area contributed by atoms with Gasteiger partial charge in [0.25, 0.3) is 6.47 Å². The molecular formula is C86H129ClN2O10. The molecule has 12 fully saturated rings. The molecule has 550 valence electrons. The third-order valence-corrected chi connectivity index (χ3v) is 29.7. The van der Waals surface area contributed by atoms with E-state index >= 15 is 0 Å². The Bertz CT molecular complexity index is 3160. The molecule has 0 aromatic carbocycles. The molecule has 0 spiro atoms. The summed E-state index contributed by atoms with van der Waals surface area (Å²) in [6.07, 6.45) is 44.3. The smallest absolute Gasteiger partial charge is 0.293 e. The van der Waals surface area contributed by atoms with Crippen molar-refractivity contribution in [2.45, 2.75) is 300 Å². The number of aromatic nitrogens is 1. The summed E-state index contributed by atoms with van der Waals surface area (Å²) in [4.78, 5) is 44.8. The predicted octanol–water partition coefficient (Wildman–Crippen LogP) is 17.0. The zero-order chi connectivity index (χ0) is 71.4. The van der Waals surface area contributed by atoms with E-state index in [1.807, 2.05) is 27.0 Å². The number of terminal acetylenes is 2. The van der Waals surface area contributed by atoms with E-state index in [0.717, 1.165) is 130 Å². The average Bonchev–Trinajstić information content (AvgIpc) is 1.72. The van der Waals surface area contributed by atoms with Gasteiger partial charge in [0.1, 0.15) is 23.6 Å². The van der Waals surface area contributed by atoms with Gasteiger partial charge in [-0.15, -0.1) is 25.3 Å². The molecule has 13 heteroatoms. The number of hydrogen-bond acceptors (Lipinski definition) is 12. The first-order valence-corrected chi connectivity index (χ1v) is 37.6. The second-order valence-electron chi connectivity index (χ2n) is 34.6. The number of hydrogen-bond donors (Lipinski definition) is 5. The normalized spacial score (nSPS) is 42.8. The van der Waals surface area contributed by atoms with Crippen LogP contribution in [0.15, 0.2) is 16.8 Å². The maximum Gasteiger partial charge on any atom is 0.293 e. The molecular weight excluding hydrogens is 1260 g/mol. The quantitative estimate of drug-likeness (QED) is 0.0747. The molecule has 0 aliphatic heterocycles. The minimum absolute atomic E-state index is 0. The summed E-state index contributed by atoms with van der Waals surface area (Å²) < 4.78 is 9.77. The Morgan fingerprint density at radius 3 is 1.25 bits per heavy atom. The third-order valence-electron chi connectivity index (χ3n) is 29.7. The number of Topliss-reactive ketones (excluding diaryl/α,β-unsaturated/α-hetero) is 2. The molecule has 13 rings (SSSR count). The van der Waals surface area contributed by atoms with Gasteiger partial charge in [0.2, 0.25) is 0 Å². The van der Waals surface area contributed by atoms with Gasteiger partial charge in [-0.1, -0.05) is 66.0 Å². The van der Waals surface area contributed by atoms with Gasteiger partial charge in [0, 0.05) is 23.8 Å². The van der Waals surface area contributed by atoms with E-state index in [1.54, 1.807) is 20.8 Å². The van der Waals surface area contributed by atoms with Crippen LogP contribution in [0.4, 0.5) is 0 Å². The summed E-state index contributed by atoms with van der Waals surface area (Å²) in [5.74, 6) is 39.6. The van der Waals surface area contributed by atoms with E-state index < -0.39 is 16.8 Å². The molecule has 12 aliphatic rings. The summed E-state index contributed by atoms with van der Waals surface area (Å²) in [7, 11) is 0. The van der Waals surface area contributed by atoms with E-state index in [-0.39, 0.29) is 48.8 Å². The molecule has 12 nitrogen and oxygen atoms in total. The zero-order valence-corrected chi connectivity index (χ0v) is 63.1. The van der Waals surface area contributed by atoms with Crippen LogP contribution in [-0.2, 0) is 23.9 Å². The first kappa shape index (κ1) is 84.8. The van der Waals surface area contributed by atoms with Gasteiger partial charge in [-0.05, 0) is 373 Å². The molecule has 1 heterocycles. The number of nitrogens with two attached hydrogens (primary N) is 1. The number of nitrogens with zero attached hydrogens (tertiary/aromatic N) is 1. The van der Waals surface area contributed by atoms with Gasteiger partial charge < -0.3 is 34.6 Å². The van der Waals surface area contributed by atoms with E-state index in [9.17, 15) is 34.5 Å². The van der Waals surface area contributed by atoms with Crippen molar-refractivity contribution in [1.82, 2.24) is 5.16 Å². The zero-order valence-electron chi connectivity index (χ0n) is 62.3. The van der Waals surface area contributed by atoms with Gasteiger partial charge in [0.15, 0.2) is 0 Å². The number of fused-ring (bicyclic) bond motifs is 15. The van der Waals surface area contributed by atoms with Gasteiger partial charge in [-0.2, -0.15) is 0 Å². The van der Waals surface area contributed by atoms with E-state index in [4.69, 9.17) is 22.6 Å². The summed E-state index contributed by atoms with van der Waals surface area (Å²) in [5, 5.41) is 42.3. The third kappa shape index (κ3) is 18.0. The Morgan fingerprint density at radius 1 is 0.535 bits per heavy atom. The minimum atomic E-state index is -0.472. The van der Waals surface area contributed by atoms with E-state index in [0.29, 0.717) is 70.1 Å². The lowest BCUT2D eigenvalue weighted by Gasteiger charge is -2.61. The van der Waals surface area contributed by atoms with Crippen LogP contribution in [0.5, 0.6) is 0 Å². The molecule has 12 aliphatic carbocycles. The maximum atomic E-state index is 12.6. The Balaban J connectivity index is 0.000000232. The van der Waals surface area contributed by atoms with Crippen molar-refractivity contribution in [2.75, 3.05) is 6.61 Å². The molecule has 6 N–H and O–H groups in total. The number of aliphatic hydroxyl groups is 3. The summed E-state index contributed by atoms with van der Waals surface area (Å²) in [6.45, 7) is 29.1. The fourth-order valence-corrected chi connectivity index (χ4v) is 24.9. The highest BCUT2D eigenvalue weighted by molar-refractivity contribution is 5.92. The van der Waals surface area contributed by atoms with Crippen molar-refractivity contribution in [3.8, 4) is 72.1 Å². The van der Waals surface area contributed by atoms with Crippen LogP contribution in [0.3, 0.4) is 0 Å². The molecule has 0 radical (unpaired) electrons. The SMILES string of the molecule is C.C#CC#CC#C.CC#CC#CC#CC.CC(=O)[C@H]1CC[C@H]2[C@@H]3CC[C@@H]4C[C@](C)(O)CC[C@]4(C)[C@H]3CC[C@]12C.CCOC=O.C[C@@]1(O)CC[C@@]2(C)[C@H](CC[C@@H]3[C@@H]2CC[C@]2(C)[C@@H](C(=O)CC=O)CC[C@@H]32)C1.C[C@@]1(O)CC[C@@]2(C)[C@H](CC[C@@H]3[C@@H]2CC[C@]2(C)[C@@H](c4ccno4)CC[C@@H]32)C1.Cl.NO. The second kappa shape index (κ2) is 35.6. The molecule has 1 aromatic heterocycles. The van der Waals surface area contributed by atoms with E-state index in [2.05, 4.69) is 130 Å². The number of rotatable bonds is 7. The largest absolute Gasteiger partial charge is 0.468 e. The monoisotopic (exact) mass is 1380 g/mol. The number of ketones is 2. The van der Waals surface area contributed by atoms with Gasteiger partial charge in [0.05, 0.1) is 36.0 Å². The molecule has 0 bridgehead atoms. The van der Waals surface area contributed by atoms with Gasteiger partial charge in [-0.3, -0.25) is 14.4 Å². The van der Waals surface area contributed by atoms with Crippen molar-refractivity contribution in [3.05, 3.63) is 18.0 Å². The van der Waals surface area contributed by atoms with Gasteiger partial charge >= 0.3 is 0 Å². The fraction of sp³-hybridized carbons (Fsp3) is 0.779. The first-order chi connectivity index (χ1) is 46.0. The van der Waals surface area contributed by atoms with Crippen molar-refractivity contribution >= 4 is 36.7 Å². The number of carbonyl (C=O) groups is 4. The topological polar surface area (TPSA) is 210 Å². The lowest BCUT2D eigenvalue weighted by molar-refractivity contribution is -0.151. The molecule has 24 atom stereocenters. The summed E-state index contributed by atoms with van der Waals surface area (Å²) in [6, 6.07) is 2.10. The number of aldehydes is 1. The van der Waals surface area contributed by atoms with Crippen molar-refractivity contribution in [1.29, 1.82) is 0 Å². The van der Waals surface area contributed by atoms with Crippen LogP contribution in [0.2, 0.25) is 0 Å². The van der Waals surface area contributed by atoms with Crippen LogP contribution in [0.25, 0.3) is 0 Å². The Kier molecular flexibility index (Phi) is 30.4. The summed E-state index contributed by atoms with van der Waals surface area (Å²) >= 11 is 0. The van der Waals surface area contributed by atoms with Crippen molar-refractivity contribution in [2.24, 2.45) is 121 Å². The lowest BCUT2D eigenvalue weighted by atomic mass is 9.44. The number of ether oxygens (including phenoxy) is 1. The molecule has 0 amide bonds. The highest BCUT2D eigenvalue weighted by Crippen LogP contribution is 2.72. The minimum Gasteiger partial charge on any atom is -0.468 e. The highest BCUT2D eigenvalue weighted by atomic mass is 35.5. The van der Waals surface area contributed by atoms with Crippen LogP contribution in [0.1, 0.15) is 289 Å². The standard InChI is InChI=1S/C23H35NO2.C23H36O3.C22H36O2.C8H6.C6H2.C3H6O2.CH4.ClH.H3NO/c1-21(25)11-12-22(2)15(14-21)4-5-16-17-6-7-19(20-9-13-24-26-20)23(17,3)10-8-18(16)22;1-21(26)11-12-22(2)15(14-21)4-5-16-17-6-7-19(20(25)9-13-24)23(17,3)10-8-18(16)22;1-14(23)17-7-8-18-16-6-5-15-13-20(2,24)11-12-21(15,3)19(16)9-10-22(17,18)4;1-3-5-7-8-6-4-2;1-3-5-6-4-2;1-2-5-3-4;;;1-2/h9,13,15-19,25H,4-8,10-12,14H2,1-3H3;13,15-19,26H,4-12,14H2,1-3H3;15-19,24H,5-13H2,1-4H3;1-2H3;1-2H;3H,2H2,1H3;1H4;1H;2H,1H2/t2*15-,16+,17+,18+,19-,21-,22+,23+;15-,16+,17-,18+,19+,20-,21+,22-;;;;;;/m111....../s1. The fourth-order valence-electron chi connectivity index (χ4n) is 24.9. The number of halogens is 1. The number of carbonyl (C=O) groups excluding carboxylic acids is 4. The second-order valence-corrected chi connectivity index (χ2v) is 34.6. The Hall–Kier alpha value is -4.86. The van der Waals surface area contributed by atoms with Crippen LogP contribution in [0, 0.1) is 187 Å². The lowest BCUT2D eigenvalue weighted by Crippen LogP contribution is -2.55. The molecule has 12 saturated carbocycles. The van der Waals surface area contributed by atoms with Gasteiger partial charge in [-0.25, -0.2) is 5.90 Å². The Morgan fingerprint density at radius 2 is 0.909 bits per heavy atom. The van der Waals surface area contributed by atoms with Crippen molar-refractivity contribution in [3.63, 3.8) is 0 Å². The first-order valence-electron chi connectivity index (χ1n) is 37.6. The summed E-state index contributed by atoms with van der Waals surface area (Å²) in [5.41, 5.74) is 0.706. The average molecular weight is 1390 g/mol. The molecule has 0 saturated heterocycles. The van der Waals surface area contributed by atoms with E-state index in [1.165, 1.54) is 109 Å². The van der Waals surface area contributed by atoms with Crippen LogP contribution < -0.4 is 5.90 Å². The van der Waals surface area contributed by atoms with Crippen molar-refractivity contribution < 1.29 is 49.0 Å². The molecule has 99 heavy (non-hydrogen) atoms.